The Balaban J connectivity index is 1.87. The van der Waals surface area contributed by atoms with Gasteiger partial charge in [-0.25, -0.2) is 0 Å². The van der Waals surface area contributed by atoms with E-state index in [1.54, 1.807) is 0 Å². The summed E-state index contributed by atoms with van der Waals surface area (Å²) in [6.45, 7) is 12.6. The van der Waals surface area contributed by atoms with Crippen LogP contribution in [-0.2, 0) is 4.74 Å². The number of ether oxygens (including phenoxy) is 1. The van der Waals surface area contributed by atoms with Gasteiger partial charge in [0.1, 0.15) is 0 Å². The molecular weight excluding hydrogens is 212 g/mol. The van der Waals surface area contributed by atoms with Gasteiger partial charge in [0.2, 0.25) is 0 Å². The summed E-state index contributed by atoms with van der Waals surface area (Å²) in [7, 11) is 0. The van der Waals surface area contributed by atoms with Crippen LogP contribution >= 0.6 is 0 Å². The molecule has 2 rings (SSSR count). The van der Waals surface area contributed by atoms with Crippen LogP contribution < -0.4 is 5.32 Å². The van der Waals surface area contributed by atoms with E-state index in [1.165, 1.54) is 25.9 Å². The van der Waals surface area contributed by atoms with Crippen molar-refractivity contribution in [2.45, 2.75) is 45.7 Å². The number of piperazine rings is 1. The van der Waals surface area contributed by atoms with Gasteiger partial charge in [0.25, 0.3) is 0 Å². The molecule has 0 aromatic heterocycles. The molecule has 100 valence electrons. The summed E-state index contributed by atoms with van der Waals surface area (Å²) < 4.78 is 5.47. The fourth-order valence-corrected chi connectivity index (χ4v) is 3.11. The zero-order valence-corrected chi connectivity index (χ0v) is 11.6. The average Bonchev–Trinajstić information content (AvgIpc) is 2.39. The lowest BCUT2D eigenvalue weighted by atomic mass is 9.90. The Kier molecular flexibility index (Phi) is 4.83. The molecule has 2 saturated heterocycles. The van der Waals surface area contributed by atoms with E-state index >= 15 is 0 Å². The maximum Gasteiger partial charge on any atom is 0.0469 e. The minimum Gasteiger partial charge on any atom is -0.381 e. The molecular formula is C14H28N2O. The number of nitrogens with one attached hydrogen (secondary N) is 1. The third-order valence-corrected chi connectivity index (χ3v) is 4.57. The van der Waals surface area contributed by atoms with Crippen molar-refractivity contribution >= 4 is 0 Å². The first-order valence-electron chi connectivity index (χ1n) is 7.23. The van der Waals surface area contributed by atoms with Crippen LogP contribution in [0.5, 0.6) is 0 Å². The summed E-state index contributed by atoms with van der Waals surface area (Å²) in [5, 5.41) is 3.64. The summed E-state index contributed by atoms with van der Waals surface area (Å²) in [5.74, 6) is 1.58. The Morgan fingerprint density at radius 2 is 1.88 bits per heavy atom. The fourth-order valence-electron chi connectivity index (χ4n) is 3.11. The third-order valence-electron chi connectivity index (χ3n) is 4.57. The number of rotatable bonds is 3. The number of nitrogens with zero attached hydrogens (tertiary/aromatic N) is 1. The van der Waals surface area contributed by atoms with Gasteiger partial charge in [-0.1, -0.05) is 13.8 Å². The highest BCUT2D eigenvalue weighted by molar-refractivity contribution is 4.86. The predicted octanol–water partition coefficient (Wildman–Crippen LogP) is 1.73. The highest BCUT2D eigenvalue weighted by atomic mass is 16.5. The third kappa shape index (κ3) is 3.43. The second kappa shape index (κ2) is 6.17. The Morgan fingerprint density at radius 1 is 1.18 bits per heavy atom. The first kappa shape index (κ1) is 13.3. The van der Waals surface area contributed by atoms with Crippen LogP contribution in [0.3, 0.4) is 0 Å². The van der Waals surface area contributed by atoms with E-state index in [1.807, 2.05) is 0 Å². The average molecular weight is 240 g/mol. The number of hydrogen-bond donors (Lipinski definition) is 1. The maximum absolute atomic E-state index is 5.47. The normalized spacial score (nSPS) is 30.7. The molecule has 0 spiro atoms. The van der Waals surface area contributed by atoms with Crippen LogP contribution in [0.25, 0.3) is 0 Å². The van der Waals surface area contributed by atoms with Crippen molar-refractivity contribution in [2.24, 2.45) is 11.8 Å². The van der Waals surface area contributed by atoms with E-state index in [2.05, 4.69) is 31.0 Å². The quantitative estimate of drug-likeness (QED) is 0.813. The smallest absolute Gasteiger partial charge is 0.0469 e. The van der Waals surface area contributed by atoms with Crippen molar-refractivity contribution in [1.29, 1.82) is 0 Å². The Morgan fingerprint density at radius 3 is 2.53 bits per heavy atom. The van der Waals surface area contributed by atoms with E-state index in [-0.39, 0.29) is 0 Å². The summed E-state index contributed by atoms with van der Waals surface area (Å²) in [4.78, 5) is 2.69. The molecule has 2 atom stereocenters. The molecule has 2 aliphatic rings. The minimum atomic E-state index is 0.672. The molecule has 0 aliphatic carbocycles. The summed E-state index contributed by atoms with van der Waals surface area (Å²) >= 11 is 0. The van der Waals surface area contributed by atoms with E-state index in [9.17, 15) is 0 Å². The zero-order chi connectivity index (χ0) is 12.3. The van der Waals surface area contributed by atoms with Crippen molar-refractivity contribution < 1.29 is 4.74 Å². The molecule has 17 heavy (non-hydrogen) atoms. The van der Waals surface area contributed by atoms with Crippen molar-refractivity contribution in [3.8, 4) is 0 Å². The minimum absolute atomic E-state index is 0.672. The topological polar surface area (TPSA) is 24.5 Å². The van der Waals surface area contributed by atoms with E-state index in [0.29, 0.717) is 6.04 Å². The molecule has 2 fully saturated rings. The fraction of sp³-hybridized carbons (Fsp3) is 1.00. The molecule has 0 aromatic carbocycles. The Labute approximate surface area is 106 Å². The van der Waals surface area contributed by atoms with Crippen LogP contribution in [0.2, 0.25) is 0 Å². The van der Waals surface area contributed by atoms with Gasteiger partial charge in [-0.2, -0.15) is 0 Å². The van der Waals surface area contributed by atoms with Crippen LogP contribution in [-0.4, -0.2) is 49.8 Å². The van der Waals surface area contributed by atoms with Crippen molar-refractivity contribution in [2.75, 3.05) is 32.8 Å². The van der Waals surface area contributed by atoms with Gasteiger partial charge < -0.3 is 10.1 Å². The molecule has 1 N–H and O–H groups in total. The monoisotopic (exact) mass is 240 g/mol. The van der Waals surface area contributed by atoms with Gasteiger partial charge in [-0.05, 0) is 31.6 Å². The molecule has 0 amide bonds. The van der Waals surface area contributed by atoms with Crippen LogP contribution in [0, 0.1) is 11.8 Å². The van der Waals surface area contributed by atoms with E-state index in [4.69, 9.17) is 4.74 Å². The van der Waals surface area contributed by atoms with Crippen molar-refractivity contribution in [1.82, 2.24) is 10.2 Å². The summed E-state index contributed by atoms with van der Waals surface area (Å²) in [6, 6.07) is 1.40. The van der Waals surface area contributed by atoms with Crippen LogP contribution in [0.4, 0.5) is 0 Å². The first-order chi connectivity index (χ1) is 8.18. The van der Waals surface area contributed by atoms with Gasteiger partial charge in [-0.3, -0.25) is 4.90 Å². The lowest BCUT2D eigenvalue weighted by molar-refractivity contribution is 0.0202. The molecule has 0 radical (unpaired) electrons. The van der Waals surface area contributed by atoms with Gasteiger partial charge in [0.05, 0.1) is 0 Å². The lowest BCUT2D eigenvalue weighted by Gasteiger charge is -2.42. The largest absolute Gasteiger partial charge is 0.381 e. The molecule has 3 heteroatoms. The molecule has 2 unspecified atom stereocenters. The molecule has 2 aliphatic heterocycles. The first-order valence-corrected chi connectivity index (χ1v) is 7.23. The lowest BCUT2D eigenvalue weighted by Crippen LogP contribution is -2.56. The Bertz CT molecular complexity index is 226. The van der Waals surface area contributed by atoms with E-state index < -0.39 is 0 Å². The maximum atomic E-state index is 5.47. The predicted molar refractivity (Wildman–Crippen MR) is 71.2 cm³/mol. The highest BCUT2D eigenvalue weighted by Crippen LogP contribution is 2.24. The highest BCUT2D eigenvalue weighted by Gasteiger charge is 2.29. The van der Waals surface area contributed by atoms with Gasteiger partial charge in [0.15, 0.2) is 0 Å². The standard InChI is InChI=1S/C14H28N2O/c1-11(2)14-10-16(7-6-15-14)12(3)13-4-8-17-9-5-13/h11-15H,4-10H2,1-3H3. The summed E-state index contributed by atoms with van der Waals surface area (Å²) in [6.07, 6.45) is 2.49. The van der Waals surface area contributed by atoms with Crippen molar-refractivity contribution in [3.05, 3.63) is 0 Å². The summed E-state index contributed by atoms with van der Waals surface area (Å²) in [5.41, 5.74) is 0. The van der Waals surface area contributed by atoms with Gasteiger partial charge in [-0.15, -0.1) is 0 Å². The van der Waals surface area contributed by atoms with Crippen LogP contribution in [0.15, 0.2) is 0 Å². The van der Waals surface area contributed by atoms with Crippen molar-refractivity contribution in [3.63, 3.8) is 0 Å². The second-order valence-corrected chi connectivity index (χ2v) is 5.99. The SMILES string of the molecule is CC(C)C1CN(C(C)C2CCOCC2)CCN1. The molecule has 0 aromatic rings. The zero-order valence-electron chi connectivity index (χ0n) is 11.6. The molecule has 2 heterocycles. The van der Waals surface area contributed by atoms with E-state index in [0.717, 1.165) is 37.6 Å². The number of hydrogen-bond acceptors (Lipinski definition) is 3. The molecule has 0 bridgehead atoms. The van der Waals surface area contributed by atoms with Crippen LogP contribution in [0.1, 0.15) is 33.6 Å². The van der Waals surface area contributed by atoms with Gasteiger partial charge >= 0.3 is 0 Å². The molecule has 3 nitrogen and oxygen atoms in total. The van der Waals surface area contributed by atoms with Gasteiger partial charge in [0, 0.05) is 44.9 Å². The molecule has 0 saturated carbocycles. The second-order valence-electron chi connectivity index (χ2n) is 5.99. The Hall–Kier alpha value is -0.120.